The molecule has 0 spiro atoms. The van der Waals surface area contributed by atoms with E-state index in [9.17, 15) is 0 Å². The molecule has 0 unspecified atom stereocenters. The topological polar surface area (TPSA) is 41.1 Å². The Balaban J connectivity index is 2.27. The SMILES string of the molecule is Cc1cc(Cl)nc(N2CCNC[C@@H]2C)n1. The molecule has 2 rings (SSSR count). The van der Waals surface area contributed by atoms with Gasteiger partial charge in [-0.1, -0.05) is 11.6 Å². The molecule has 2 heterocycles. The standard InChI is InChI=1S/C10H15ClN4/c1-7-5-9(11)14-10(13-7)15-4-3-12-6-8(15)2/h5,8,12H,3-4,6H2,1-2H3/t8-/m0/s1. The van der Waals surface area contributed by atoms with Crippen LogP contribution >= 0.6 is 11.6 Å². The molecule has 1 atom stereocenters. The first kappa shape index (κ1) is 10.6. The normalized spacial score (nSPS) is 21.8. The maximum Gasteiger partial charge on any atom is 0.227 e. The minimum absolute atomic E-state index is 0.414. The van der Waals surface area contributed by atoms with E-state index >= 15 is 0 Å². The second kappa shape index (κ2) is 4.33. The fraction of sp³-hybridized carbons (Fsp3) is 0.600. The lowest BCUT2D eigenvalue weighted by Crippen LogP contribution is -2.50. The van der Waals surface area contributed by atoms with Gasteiger partial charge in [0.25, 0.3) is 0 Å². The largest absolute Gasteiger partial charge is 0.336 e. The number of rotatable bonds is 1. The Kier molecular flexibility index (Phi) is 3.07. The number of piperazine rings is 1. The highest BCUT2D eigenvalue weighted by Gasteiger charge is 2.20. The van der Waals surface area contributed by atoms with Gasteiger partial charge in [-0.15, -0.1) is 0 Å². The quantitative estimate of drug-likeness (QED) is 0.732. The molecule has 1 fully saturated rings. The second-order valence-corrected chi connectivity index (χ2v) is 4.27. The van der Waals surface area contributed by atoms with Crippen molar-refractivity contribution in [2.45, 2.75) is 19.9 Å². The first-order chi connectivity index (χ1) is 7.16. The van der Waals surface area contributed by atoms with Crippen molar-refractivity contribution in [1.82, 2.24) is 15.3 Å². The van der Waals surface area contributed by atoms with Crippen molar-refractivity contribution in [3.63, 3.8) is 0 Å². The summed E-state index contributed by atoms with van der Waals surface area (Å²) < 4.78 is 0. The number of nitrogens with zero attached hydrogens (tertiary/aromatic N) is 3. The van der Waals surface area contributed by atoms with Crippen LogP contribution in [0.2, 0.25) is 5.15 Å². The first-order valence-electron chi connectivity index (χ1n) is 5.15. The van der Waals surface area contributed by atoms with Gasteiger partial charge in [0.2, 0.25) is 5.95 Å². The molecule has 1 aromatic heterocycles. The lowest BCUT2D eigenvalue weighted by molar-refractivity contribution is 0.492. The summed E-state index contributed by atoms with van der Waals surface area (Å²) in [4.78, 5) is 10.9. The Morgan fingerprint density at radius 3 is 3.00 bits per heavy atom. The molecule has 1 N–H and O–H groups in total. The number of hydrogen-bond acceptors (Lipinski definition) is 4. The Labute approximate surface area is 94.7 Å². The molecule has 5 heteroatoms. The van der Waals surface area contributed by atoms with E-state index in [-0.39, 0.29) is 0 Å². The summed E-state index contributed by atoms with van der Waals surface area (Å²) in [6, 6.07) is 2.19. The molecule has 0 bridgehead atoms. The van der Waals surface area contributed by atoms with Gasteiger partial charge in [0.1, 0.15) is 5.15 Å². The molecule has 1 aromatic rings. The van der Waals surface area contributed by atoms with Gasteiger partial charge in [-0.05, 0) is 19.9 Å². The third-order valence-corrected chi connectivity index (χ3v) is 2.76. The van der Waals surface area contributed by atoms with Gasteiger partial charge in [0.15, 0.2) is 0 Å². The number of hydrogen-bond donors (Lipinski definition) is 1. The minimum Gasteiger partial charge on any atom is -0.336 e. The lowest BCUT2D eigenvalue weighted by Gasteiger charge is -2.34. The van der Waals surface area contributed by atoms with Gasteiger partial charge >= 0.3 is 0 Å². The third kappa shape index (κ3) is 2.38. The molecule has 1 aliphatic heterocycles. The van der Waals surface area contributed by atoms with Crippen molar-refractivity contribution in [3.8, 4) is 0 Å². The van der Waals surface area contributed by atoms with Crippen molar-refractivity contribution >= 4 is 17.5 Å². The maximum atomic E-state index is 5.92. The molecule has 1 saturated heterocycles. The number of aromatic nitrogens is 2. The van der Waals surface area contributed by atoms with E-state index in [0.717, 1.165) is 31.3 Å². The molecule has 0 saturated carbocycles. The Morgan fingerprint density at radius 2 is 2.33 bits per heavy atom. The van der Waals surface area contributed by atoms with Crippen LogP contribution in [0.3, 0.4) is 0 Å². The van der Waals surface area contributed by atoms with E-state index in [0.29, 0.717) is 11.2 Å². The molecule has 0 radical (unpaired) electrons. The smallest absolute Gasteiger partial charge is 0.227 e. The van der Waals surface area contributed by atoms with Gasteiger partial charge in [0.05, 0.1) is 0 Å². The van der Waals surface area contributed by atoms with Crippen molar-refractivity contribution < 1.29 is 0 Å². The number of aryl methyl sites for hydroxylation is 1. The predicted octanol–water partition coefficient (Wildman–Crippen LogP) is 1.24. The number of anilines is 1. The molecule has 4 nitrogen and oxygen atoms in total. The second-order valence-electron chi connectivity index (χ2n) is 3.88. The lowest BCUT2D eigenvalue weighted by atomic mass is 10.2. The minimum atomic E-state index is 0.414. The first-order valence-corrected chi connectivity index (χ1v) is 5.53. The van der Waals surface area contributed by atoms with Gasteiger partial charge in [-0.2, -0.15) is 0 Å². The zero-order valence-corrected chi connectivity index (χ0v) is 9.75. The highest BCUT2D eigenvalue weighted by molar-refractivity contribution is 6.29. The Morgan fingerprint density at radius 1 is 1.53 bits per heavy atom. The van der Waals surface area contributed by atoms with Crippen LogP contribution < -0.4 is 10.2 Å². The molecule has 0 amide bonds. The van der Waals surface area contributed by atoms with E-state index in [2.05, 4.69) is 27.1 Å². The van der Waals surface area contributed by atoms with Crippen LogP contribution in [0.25, 0.3) is 0 Å². The summed E-state index contributed by atoms with van der Waals surface area (Å²) in [5.41, 5.74) is 0.913. The van der Waals surface area contributed by atoms with Crippen LogP contribution in [0.15, 0.2) is 6.07 Å². The highest BCUT2D eigenvalue weighted by atomic mass is 35.5. The summed E-state index contributed by atoms with van der Waals surface area (Å²) in [7, 11) is 0. The van der Waals surface area contributed by atoms with E-state index in [4.69, 9.17) is 11.6 Å². The summed E-state index contributed by atoms with van der Waals surface area (Å²) in [6.07, 6.45) is 0. The molecule has 0 aliphatic carbocycles. The molecule has 15 heavy (non-hydrogen) atoms. The zero-order valence-electron chi connectivity index (χ0n) is 9.00. The van der Waals surface area contributed by atoms with E-state index in [1.165, 1.54) is 0 Å². The van der Waals surface area contributed by atoms with Gasteiger partial charge in [0, 0.05) is 31.4 Å². The van der Waals surface area contributed by atoms with Crippen LogP contribution in [-0.2, 0) is 0 Å². The van der Waals surface area contributed by atoms with Crippen LogP contribution in [0.4, 0.5) is 5.95 Å². The van der Waals surface area contributed by atoms with Crippen LogP contribution in [0, 0.1) is 6.92 Å². The molecular weight excluding hydrogens is 212 g/mol. The van der Waals surface area contributed by atoms with Gasteiger partial charge in [-0.3, -0.25) is 0 Å². The number of halogens is 1. The highest BCUT2D eigenvalue weighted by Crippen LogP contribution is 2.16. The van der Waals surface area contributed by atoms with Gasteiger partial charge in [-0.25, -0.2) is 9.97 Å². The summed E-state index contributed by atoms with van der Waals surface area (Å²) in [5, 5.41) is 3.85. The number of nitrogens with one attached hydrogen (secondary N) is 1. The predicted molar refractivity (Wildman–Crippen MR) is 61.5 cm³/mol. The fourth-order valence-corrected chi connectivity index (χ4v) is 2.02. The Hall–Kier alpha value is -0.870. The van der Waals surface area contributed by atoms with E-state index in [1.807, 2.05) is 6.92 Å². The van der Waals surface area contributed by atoms with Crippen molar-refractivity contribution in [2.24, 2.45) is 0 Å². The molecule has 0 aromatic carbocycles. The van der Waals surface area contributed by atoms with Crippen molar-refractivity contribution in [1.29, 1.82) is 0 Å². The monoisotopic (exact) mass is 226 g/mol. The van der Waals surface area contributed by atoms with Crippen LogP contribution in [0.5, 0.6) is 0 Å². The summed E-state index contributed by atoms with van der Waals surface area (Å²) in [6.45, 7) is 6.96. The van der Waals surface area contributed by atoms with Gasteiger partial charge < -0.3 is 10.2 Å². The van der Waals surface area contributed by atoms with Crippen LogP contribution in [0.1, 0.15) is 12.6 Å². The van der Waals surface area contributed by atoms with Crippen LogP contribution in [-0.4, -0.2) is 35.6 Å². The average molecular weight is 227 g/mol. The van der Waals surface area contributed by atoms with E-state index in [1.54, 1.807) is 6.07 Å². The van der Waals surface area contributed by atoms with E-state index < -0.39 is 0 Å². The zero-order chi connectivity index (χ0) is 10.8. The fourth-order valence-electron chi connectivity index (χ4n) is 1.78. The molecule has 82 valence electrons. The molecule has 1 aliphatic rings. The maximum absolute atomic E-state index is 5.92. The van der Waals surface area contributed by atoms with Crippen molar-refractivity contribution in [3.05, 3.63) is 16.9 Å². The average Bonchev–Trinajstić information content (AvgIpc) is 2.16. The summed E-state index contributed by atoms with van der Waals surface area (Å²) >= 11 is 5.92. The molecular formula is C10H15ClN4. The summed E-state index contributed by atoms with van der Waals surface area (Å²) in [5.74, 6) is 0.744. The Bertz CT molecular complexity index is 335. The van der Waals surface area contributed by atoms with Crippen molar-refractivity contribution in [2.75, 3.05) is 24.5 Å². The third-order valence-electron chi connectivity index (χ3n) is 2.57.